The summed E-state index contributed by atoms with van der Waals surface area (Å²) < 4.78 is 0. The molecule has 2 aliphatic rings. The van der Waals surface area contributed by atoms with Gasteiger partial charge in [0, 0.05) is 32.7 Å². The second kappa shape index (κ2) is 6.58. The van der Waals surface area contributed by atoms with Gasteiger partial charge in [-0.1, -0.05) is 30.3 Å². The lowest BCUT2D eigenvalue weighted by Crippen LogP contribution is -2.51. The van der Waals surface area contributed by atoms with E-state index in [2.05, 4.69) is 16.8 Å². The Morgan fingerprint density at radius 2 is 1.73 bits per heavy atom. The number of hydrogen-bond acceptors (Lipinski definition) is 4. The first kappa shape index (κ1) is 15.2. The maximum atomic E-state index is 12.6. The van der Waals surface area contributed by atoms with E-state index in [1.54, 1.807) is 0 Å². The molecule has 1 aromatic rings. The van der Waals surface area contributed by atoms with E-state index >= 15 is 0 Å². The van der Waals surface area contributed by atoms with Crippen LogP contribution in [-0.2, 0) is 16.0 Å². The van der Waals surface area contributed by atoms with E-state index in [4.69, 9.17) is 0 Å². The molecule has 0 unspecified atom stereocenters. The molecule has 2 aliphatic heterocycles. The van der Waals surface area contributed by atoms with Crippen LogP contribution in [0.5, 0.6) is 0 Å². The van der Waals surface area contributed by atoms with Gasteiger partial charge in [0.05, 0.1) is 12.5 Å². The summed E-state index contributed by atoms with van der Waals surface area (Å²) >= 11 is 0. The third kappa shape index (κ3) is 3.20. The summed E-state index contributed by atoms with van der Waals surface area (Å²) in [7, 11) is 2.09. The highest BCUT2D eigenvalue weighted by Crippen LogP contribution is 2.20. The molecule has 2 fully saturated rings. The van der Waals surface area contributed by atoms with Crippen LogP contribution in [0, 0.1) is 0 Å². The largest absolute Gasteiger partial charge is 0.304 e. The standard InChI is InChI=1S/C17H23N3O2/c1-18-9-11-19(12-10-18)15-13-16(21)20(17(15)22)8-7-14-5-3-2-4-6-14/h2-6,15H,7-13H2,1H3/t15-/m0/s1. The summed E-state index contributed by atoms with van der Waals surface area (Å²) in [5.74, 6) is -0.0321. The van der Waals surface area contributed by atoms with Gasteiger partial charge in [-0.2, -0.15) is 0 Å². The molecule has 0 bridgehead atoms. The highest BCUT2D eigenvalue weighted by atomic mass is 16.2. The molecular weight excluding hydrogens is 278 g/mol. The van der Waals surface area contributed by atoms with E-state index < -0.39 is 0 Å². The minimum Gasteiger partial charge on any atom is -0.304 e. The number of benzene rings is 1. The molecule has 22 heavy (non-hydrogen) atoms. The van der Waals surface area contributed by atoms with Gasteiger partial charge in [-0.3, -0.25) is 19.4 Å². The molecule has 0 spiro atoms. The van der Waals surface area contributed by atoms with E-state index in [1.807, 2.05) is 30.3 Å². The number of carbonyl (C=O) groups is 2. The molecule has 5 heteroatoms. The molecule has 0 saturated carbocycles. The molecule has 0 radical (unpaired) electrons. The van der Waals surface area contributed by atoms with Gasteiger partial charge in [0.25, 0.3) is 0 Å². The van der Waals surface area contributed by atoms with Crippen molar-refractivity contribution in [3.8, 4) is 0 Å². The minimum atomic E-state index is -0.239. The lowest BCUT2D eigenvalue weighted by molar-refractivity contribution is -0.139. The molecular formula is C17H23N3O2. The topological polar surface area (TPSA) is 43.9 Å². The van der Waals surface area contributed by atoms with Crippen molar-refractivity contribution < 1.29 is 9.59 Å². The van der Waals surface area contributed by atoms with Gasteiger partial charge in [0.15, 0.2) is 0 Å². The Labute approximate surface area is 131 Å². The number of amides is 2. The van der Waals surface area contributed by atoms with Crippen molar-refractivity contribution in [2.75, 3.05) is 39.8 Å². The van der Waals surface area contributed by atoms with Crippen LogP contribution in [0.1, 0.15) is 12.0 Å². The van der Waals surface area contributed by atoms with E-state index in [1.165, 1.54) is 4.90 Å². The van der Waals surface area contributed by atoms with Crippen molar-refractivity contribution in [2.24, 2.45) is 0 Å². The molecule has 3 rings (SSSR count). The molecule has 2 saturated heterocycles. The molecule has 1 atom stereocenters. The maximum absolute atomic E-state index is 12.6. The van der Waals surface area contributed by atoms with E-state index in [9.17, 15) is 9.59 Å². The average molecular weight is 301 g/mol. The predicted octanol–water partition coefficient (Wildman–Crippen LogP) is 0.604. The lowest BCUT2D eigenvalue weighted by atomic mass is 10.1. The Kier molecular flexibility index (Phi) is 4.55. The number of piperazine rings is 1. The van der Waals surface area contributed by atoms with Gasteiger partial charge in [-0.05, 0) is 19.0 Å². The SMILES string of the molecule is CN1CCN([C@H]2CC(=O)N(CCc3ccccc3)C2=O)CC1. The van der Waals surface area contributed by atoms with E-state index in [0.29, 0.717) is 13.0 Å². The van der Waals surface area contributed by atoms with Gasteiger partial charge >= 0.3 is 0 Å². The van der Waals surface area contributed by atoms with Crippen molar-refractivity contribution in [3.63, 3.8) is 0 Å². The second-order valence-corrected chi connectivity index (χ2v) is 6.18. The van der Waals surface area contributed by atoms with Crippen molar-refractivity contribution in [1.82, 2.24) is 14.7 Å². The van der Waals surface area contributed by atoms with Gasteiger partial charge in [0.1, 0.15) is 0 Å². The Balaban J connectivity index is 1.59. The molecule has 118 valence electrons. The number of likely N-dealkylation sites (N-methyl/N-ethyl adjacent to an activating group) is 1. The molecule has 5 nitrogen and oxygen atoms in total. The number of rotatable bonds is 4. The summed E-state index contributed by atoms with van der Waals surface area (Å²) in [5, 5.41) is 0. The number of likely N-dealkylation sites (tertiary alicyclic amines) is 1. The molecule has 0 aliphatic carbocycles. The molecule has 2 amide bonds. The molecule has 2 heterocycles. The highest BCUT2D eigenvalue weighted by Gasteiger charge is 2.41. The fourth-order valence-corrected chi connectivity index (χ4v) is 3.21. The van der Waals surface area contributed by atoms with Gasteiger partial charge < -0.3 is 4.90 Å². The number of nitrogens with zero attached hydrogens (tertiary/aromatic N) is 3. The first-order valence-corrected chi connectivity index (χ1v) is 7.96. The summed E-state index contributed by atoms with van der Waals surface area (Å²) in [6.45, 7) is 4.15. The summed E-state index contributed by atoms with van der Waals surface area (Å²) in [6, 6.07) is 9.76. The smallest absolute Gasteiger partial charge is 0.247 e. The highest BCUT2D eigenvalue weighted by molar-refractivity contribution is 6.05. The zero-order chi connectivity index (χ0) is 15.5. The fourth-order valence-electron chi connectivity index (χ4n) is 3.21. The summed E-state index contributed by atoms with van der Waals surface area (Å²) in [5.41, 5.74) is 1.16. The van der Waals surface area contributed by atoms with Crippen LogP contribution in [0.3, 0.4) is 0 Å². The third-order valence-electron chi connectivity index (χ3n) is 4.67. The van der Waals surface area contributed by atoms with Crippen LogP contribution in [0.25, 0.3) is 0 Å². The van der Waals surface area contributed by atoms with Crippen LogP contribution in [0.2, 0.25) is 0 Å². The summed E-state index contributed by atoms with van der Waals surface area (Å²) in [4.78, 5) is 30.6. The Morgan fingerprint density at radius 1 is 1.05 bits per heavy atom. The molecule has 0 aromatic heterocycles. The number of imide groups is 1. The third-order valence-corrected chi connectivity index (χ3v) is 4.67. The van der Waals surface area contributed by atoms with Crippen LogP contribution in [0.15, 0.2) is 30.3 Å². The Hall–Kier alpha value is -1.72. The minimum absolute atomic E-state index is 0.00881. The fraction of sp³-hybridized carbons (Fsp3) is 0.529. The van der Waals surface area contributed by atoms with Crippen molar-refractivity contribution >= 4 is 11.8 Å². The molecule has 0 N–H and O–H groups in total. The zero-order valence-corrected chi connectivity index (χ0v) is 13.1. The first-order chi connectivity index (χ1) is 10.6. The van der Waals surface area contributed by atoms with Crippen LogP contribution in [-0.4, -0.2) is 72.3 Å². The first-order valence-electron chi connectivity index (χ1n) is 7.96. The lowest BCUT2D eigenvalue weighted by Gasteiger charge is -2.35. The van der Waals surface area contributed by atoms with Crippen molar-refractivity contribution in [1.29, 1.82) is 0 Å². The Bertz CT molecular complexity index is 538. The second-order valence-electron chi connectivity index (χ2n) is 6.18. The van der Waals surface area contributed by atoms with Gasteiger partial charge in [0.2, 0.25) is 11.8 Å². The zero-order valence-electron chi connectivity index (χ0n) is 13.1. The van der Waals surface area contributed by atoms with E-state index in [0.717, 1.165) is 38.2 Å². The Morgan fingerprint density at radius 3 is 2.41 bits per heavy atom. The monoisotopic (exact) mass is 301 g/mol. The average Bonchev–Trinajstić information content (AvgIpc) is 2.82. The van der Waals surface area contributed by atoms with Crippen molar-refractivity contribution in [3.05, 3.63) is 35.9 Å². The predicted molar refractivity (Wildman–Crippen MR) is 84.3 cm³/mol. The quantitative estimate of drug-likeness (QED) is 0.764. The van der Waals surface area contributed by atoms with Gasteiger partial charge in [-0.15, -0.1) is 0 Å². The van der Waals surface area contributed by atoms with Crippen molar-refractivity contribution in [2.45, 2.75) is 18.9 Å². The van der Waals surface area contributed by atoms with Gasteiger partial charge in [-0.25, -0.2) is 0 Å². The van der Waals surface area contributed by atoms with Crippen LogP contribution < -0.4 is 0 Å². The molecule has 1 aromatic carbocycles. The number of carbonyl (C=O) groups excluding carboxylic acids is 2. The normalized spacial score (nSPS) is 24.2. The number of hydrogen-bond donors (Lipinski definition) is 0. The maximum Gasteiger partial charge on any atom is 0.247 e. The summed E-state index contributed by atoms with van der Waals surface area (Å²) in [6.07, 6.45) is 1.07. The van der Waals surface area contributed by atoms with E-state index in [-0.39, 0.29) is 17.9 Å². The van der Waals surface area contributed by atoms with Crippen LogP contribution >= 0.6 is 0 Å². The van der Waals surface area contributed by atoms with Crippen LogP contribution in [0.4, 0.5) is 0 Å².